The van der Waals surface area contributed by atoms with E-state index in [4.69, 9.17) is 11.6 Å². The second-order valence-corrected chi connectivity index (χ2v) is 10.1. The maximum absolute atomic E-state index is 15.0. The van der Waals surface area contributed by atoms with E-state index in [0.29, 0.717) is 37.9 Å². The zero-order chi connectivity index (χ0) is 25.1. The number of nitrogens with zero attached hydrogens (tertiary/aromatic N) is 3. The lowest BCUT2D eigenvalue weighted by molar-refractivity contribution is -0.137. The molecule has 12 heteroatoms. The van der Waals surface area contributed by atoms with Gasteiger partial charge in [0, 0.05) is 59.7 Å². The van der Waals surface area contributed by atoms with Crippen LogP contribution in [0.3, 0.4) is 0 Å². The summed E-state index contributed by atoms with van der Waals surface area (Å²) >= 11 is 6.97. The summed E-state index contributed by atoms with van der Waals surface area (Å²) in [5.74, 6) is -1.66. The molecule has 1 saturated heterocycles. The molecule has 1 fully saturated rings. The van der Waals surface area contributed by atoms with Gasteiger partial charge in [-0.05, 0) is 31.2 Å². The summed E-state index contributed by atoms with van der Waals surface area (Å²) in [5, 5.41) is 2.89. The highest BCUT2D eigenvalue weighted by atomic mass is 35.5. The van der Waals surface area contributed by atoms with Gasteiger partial charge in [-0.3, -0.25) is 4.57 Å². The fourth-order valence-electron chi connectivity index (χ4n) is 4.72. The van der Waals surface area contributed by atoms with Crippen molar-refractivity contribution in [2.75, 3.05) is 30.3 Å². The molecule has 2 aliphatic rings. The van der Waals surface area contributed by atoms with Crippen LogP contribution < -0.4 is 15.9 Å². The first-order valence-corrected chi connectivity index (χ1v) is 12.4. The topological polar surface area (TPSA) is 50.2 Å². The van der Waals surface area contributed by atoms with E-state index in [2.05, 4.69) is 10.3 Å². The molecule has 2 aliphatic heterocycles. The van der Waals surface area contributed by atoms with E-state index in [0.717, 1.165) is 23.9 Å². The number of benzene rings is 2. The Balaban J connectivity index is 1.95. The van der Waals surface area contributed by atoms with Crippen LogP contribution in [0.25, 0.3) is 22.0 Å². The molecule has 1 unspecified atom stereocenters. The van der Waals surface area contributed by atoms with Gasteiger partial charge in [-0.2, -0.15) is 18.2 Å². The van der Waals surface area contributed by atoms with Gasteiger partial charge in [-0.15, -0.1) is 11.8 Å². The molecule has 0 amide bonds. The van der Waals surface area contributed by atoms with E-state index in [1.54, 1.807) is 0 Å². The van der Waals surface area contributed by atoms with Crippen molar-refractivity contribution in [2.24, 2.45) is 0 Å². The fourth-order valence-corrected chi connectivity index (χ4v) is 6.08. The van der Waals surface area contributed by atoms with Crippen LogP contribution in [0.5, 0.6) is 0 Å². The molecule has 35 heavy (non-hydrogen) atoms. The molecule has 186 valence electrons. The number of rotatable bonds is 2. The van der Waals surface area contributed by atoms with Crippen molar-refractivity contribution in [3.63, 3.8) is 0 Å². The van der Waals surface area contributed by atoms with Gasteiger partial charge in [-0.1, -0.05) is 11.6 Å². The minimum absolute atomic E-state index is 0.109. The summed E-state index contributed by atoms with van der Waals surface area (Å²) in [6.45, 7) is 3.78. The van der Waals surface area contributed by atoms with Gasteiger partial charge in [0.15, 0.2) is 0 Å². The summed E-state index contributed by atoms with van der Waals surface area (Å²) in [7, 11) is 0. The Hall–Kier alpha value is -2.37. The average molecular weight is 531 g/mol. The van der Waals surface area contributed by atoms with Gasteiger partial charge in [0.25, 0.3) is 0 Å². The number of aryl methyl sites for hydroxylation is 1. The highest BCUT2D eigenvalue weighted by Crippen LogP contribution is 2.49. The van der Waals surface area contributed by atoms with Crippen molar-refractivity contribution in [1.29, 1.82) is 0 Å². The second-order valence-electron chi connectivity index (χ2n) is 8.59. The van der Waals surface area contributed by atoms with Crippen molar-refractivity contribution in [1.82, 2.24) is 14.9 Å². The largest absolute Gasteiger partial charge is 0.417 e. The number of nitrogens with one attached hydrogen (secondary N) is 1. The lowest BCUT2D eigenvalue weighted by Crippen LogP contribution is -2.50. The first kappa shape index (κ1) is 24.3. The van der Waals surface area contributed by atoms with Gasteiger partial charge in [0.05, 0.1) is 16.1 Å². The Morgan fingerprint density at radius 1 is 1.17 bits per heavy atom. The molecule has 0 aliphatic carbocycles. The predicted molar refractivity (Wildman–Crippen MR) is 126 cm³/mol. The summed E-state index contributed by atoms with van der Waals surface area (Å²) in [6, 6.07) is 2.17. The number of aromatic nitrogens is 2. The first-order chi connectivity index (χ1) is 16.6. The molecule has 5 nitrogen and oxygen atoms in total. The summed E-state index contributed by atoms with van der Waals surface area (Å²) < 4.78 is 73.6. The van der Waals surface area contributed by atoms with Crippen molar-refractivity contribution in [2.45, 2.75) is 37.0 Å². The van der Waals surface area contributed by atoms with Crippen LogP contribution >= 0.6 is 23.4 Å². The number of hydrogen-bond acceptors (Lipinski definition) is 5. The number of thioether (sulfide) groups is 1. The molecule has 3 aromatic rings. The summed E-state index contributed by atoms with van der Waals surface area (Å²) in [4.78, 5) is 19.3. The number of anilines is 1. The van der Waals surface area contributed by atoms with E-state index < -0.39 is 45.2 Å². The van der Waals surface area contributed by atoms with Crippen molar-refractivity contribution < 1.29 is 22.0 Å². The standard InChI is InChI=1S/C23H20ClF5N4OS/c1-11-10-30-3-5-32(11)21-13-7-14(23(27,28)29)18(12-8-15(24)17(26)9-16(12)25)20-19(13)33(22(34)31-21)4-2-6-35-20/h7-9,11,30H,2-6,10H2,1H3. The minimum atomic E-state index is -4.87. The average Bonchev–Trinajstić information content (AvgIpc) is 3.02. The lowest BCUT2D eigenvalue weighted by Gasteiger charge is -2.36. The predicted octanol–water partition coefficient (Wildman–Crippen LogP) is 5.31. The Morgan fingerprint density at radius 2 is 1.94 bits per heavy atom. The highest BCUT2D eigenvalue weighted by molar-refractivity contribution is 7.99. The third-order valence-corrected chi connectivity index (χ3v) is 7.80. The van der Waals surface area contributed by atoms with Crippen LogP contribution in [0.4, 0.5) is 27.8 Å². The smallest absolute Gasteiger partial charge is 0.351 e. The van der Waals surface area contributed by atoms with Crippen LogP contribution in [0.15, 0.2) is 27.9 Å². The molecule has 0 radical (unpaired) electrons. The number of hydrogen-bond donors (Lipinski definition) is 1. The molecule has 0 bridgehead atoms. The molecule has 0 saturated carbocycles. The molecule has 1 atom stereocenters. The highest BCUT2D eigenvalue weighted by Gasteiger charge is 2.39. The molecule has 0 spiro atoms. The molecular formula is C23H20ClF5N4OS. The summed E-state index contributed by atoms with van der Waals surface area (Å²) in [6.07, 6.45) is -4.36. The quantitative estimate of drug-likeness (QED) is 0.360. The molecule has 2 aromatic carbocycles. The molecule has 1 aromatic heterocycles. The fraction of sp³-hybridized carbons (Fsp3) is 0.391. The van der Waals surface area contributed by atoms with E-state index in [1.807, 2.05) is 11.8 Å². The molecule has 5 rings (SSSR count). The van der Waals surface area contributed by atoms with Gasteiger partial charge >= 0.3 is 11.9 Å². The SMILES string of the molecule is CC1CNCCN1c1nc(=O)n2c3c(c(-c4cc(Cl)c(F)cc4F)c(C(F)(F)F)cc13)SCCC2. The monoisotopic (exact) mass is 530 g/mol. The zero-order valence-corrected chi connectivity index (χ0v) is 20.1. The van der Waals surface area contributed by atoms with Gasteiger partial charge < -0.3 is 10.2 Å². The van der Waals surface area contributed by atoms with Gasteiger partial charge in [0.2, 0.25) is 0 Å². The van der Waals surface area contributed by atoms with Crippen molar-refractivity contribution in [3.8, 4) is 11.1 Å². The van der Waals surface area contributed by atoms with Crippen LogP contribution in [0.2, 0.25) is 5.02 Å². The lowest BCUT2D eigenvalue weighted by atomic mass is 9.95. The van der Waals surface area contributed by atoms with Crippen LogP contribution in [-0.4, -0.2) is 41.0 Å². The molecule has 1 N–H and O–H groups in total. The summed E-state index contributed by atoms with van der Waals surface area (Å²) in [5.41, 5.74) is -2.31. The normalized spacial score (nSPS) is 18.7. The Kier molecular flexibility index (Phi) is 6.21. The van der Waals surface area contributed by atoms with Crippen molar-refractivity contribution >= 4 is 40.1 Å². The van der Waals surface area contributed by atoms with Gasteiger partial charge in [-0.25, -0.2) is 13.6 Å². The molecule has 3 heterocycles. The van der Waals surface area contributed by atoms with Crippen LogP contribution in [0.1, 0.15) is 18.9 Å². The van der Waals surface area contributed by atoms with E-state index in [-0.39, 0.29) is 34.2 Å². The maximum atomic E-state index is 15.0. The second kappa shape index (κ2) is 8.94. The Bertz CT molecular complexity index is 1390. The maximum Gasteiger partial charge on any atom is 0.417 e. The van der Waals surface area contributed by atoms with E-state index in [9.17, 15) is 26.7 Å². The van der Waals surface area contributed by atoms with Crippen LogP contribution in [0, 0.1) is 11.6 Å². The van der Waals surface area contributed by atoms with E-state index >= 15 is 0 Å². The third kappa shape index (κ3) is 4.17. The Morgan fingerprint density at radius 3 is 2.66 bits per heavy atom. The number of piperazine rings is 1. The zero-order valence-electron chi connectivity index (χ0n) is 18.5. The Labute approximate surface area is 206 Å². The number of halogens is 6. The van der Waals surface area contributed by atoms with Crippen LogP contribution in [-0.2, 0) is 12.7 Å². The van der Waals surface area contributed by atoms with Gasteiger partial charge in [0.1, 0.15) is 17.5 Å². The molecular weight excluding hydrogens is 511 g/mol. The first-order valence-electron chi connectivity index (χ1n) is 11.0. The van der Waals surface area contributed by atoms with Crippen molar-refractivity contribution in [3.05, 3.63) is 50.9 Å². The minimum Gasteiger partial charge on any atom is -0.351 e. The number of alkyl halides is 3. The third-order valence-electron chi connectivity index (χ3n) is 6.33. The van der Waals surface area contributed by atoms with E-state index in [1.165, 1.54) is 4.57 Å².